The summed E-state index contributed by atoms with van der Waals surface area (Å²) < 4.78 is 10.9. The summed E-state index contributed by atoms with van der Waals surface area (Å²) in [6, 6.07) is 14.9. The molecule has 0 atom stereocenters. The SMILES string of the molecule is CCOc1ccc(OCCNC(=O)CSc2ccccc2Cl)cc1. The summed E-state index contributed by atoms with van der Waals surface area (Å²) >= 11 is 7.47. The molecule has 128 valence electrons. The van der Waals surface area contributed by atoms with E-state index in [-0.39, 0.29) is 5.91 Å². The number of nitrogens with one attached hydrogen (secondary N) is 1. The first-order valence-electron chi connectivity index (χ1n) is 7.68. The number of thioether (sulfide) groups is 1. The fourth-order valence-corrected chi connectivity index (χ4v) is 2.98. The molecule has 0 spiro atoms. The van der Waals surface area contributed by atoms with Gasteiger partial charge >= 0.3 is 0 Å². The van der Waals surface area contributed by atoms with Gasteiger partial charge in [-0.2, -0.15) is 0 Å². The van der Waals surface area contributed by atoms with Crippen LogP contribution in [0, 0.1) is 0 Å². The van der Waals surface area contributed by atoms with E-state index in [9.17, 15) is 4.79 Å². The highest BCUT2D eigenvalue weighted by atomic mass is 35.5. The number of hydrogen-bond acceptors (Lipinski definition) is 4. The summed E-state index contributed by atoms with van der Waals surface area (Å²) in [6.07, 6.45) is 0. The first-order chi connectivity index (χ1) is 11.7. The molecule has 0 unspecified atom stereocenters. The van der Waals surface area contributed by atoms with Gasteiger partial charge in [-0.3, -0.25) is 4.79 Å². The third kappa shape index (κ3) is 6.34. The standard InChI is InChI=1S/C18H20ClNO3S/c1-2-22-14-7-9-15(10-8-14)23-12-11-20-18(21)13-24-17-6-4-3-5-16(17)19/h3-10H,2,11-13H2,1H3,(H,20,21). The van der Waals surface area contributed by atoms with Crippen molar-refractivity contribution in [2.75, 3.05) is 25.5 Å². The molecule has 0 aromatic heterocycles. The molecule has 1 N–H and O–H groups in total. The van der Waals surface area contributed by atoms with E-state index in [1.54, 1.807) is 0 Å². The lowest BCUT2D eigenvalue weighted by molar-refractivity contribution is -0.118. The molecule has 0 saturated heterocycles. The van der Waals surface area contributed by atoms with Crippen LogP contribution in [0.2, 0.25) is 5.02 Å². The maximum atomic E-state index is 11.8. The van der Waals surface area contributed by atoms with E-state index in [0.717, 1.165) is 16.4 Å². The summed E-state index contributed by atoms with van der Waals surface area (Å²) in [6.45, 7) is 3.45. The topological polar surface area (TPSA) is 47.6 Å². The number of rotatable bonds is 9. The molecule has 0 radical (unpaired) electrons. The highest BCUT2D eigenvalue weighted by molar-refractivity contribution is 8.00. The Morgan fingerprint density at radius 3 is 2.42 bits per heavy atom. The van der Waals surface area contributed by atoms with Crippen molar-refractivity contribution in [2.24, 2.45) is 0 Å². The van der Waals surface area contributed by atoms with Gasteiger partial charge in [0.25, 0.3) is 0 Å². The molecule has 4 nitrogen and oxygen atoms in total. The molecule has 0 aliphatic rings. The van der Waals surface area contributed by atoms with Gasteiger partial charge < -0.3 is 14.8 Å². The Kier molecular flexibility index (Phi) is 7.79. The third-order valence-electron chi connectivity index (χ3n) is 3.02. The number of carbonyl (C=O) groups excluding carboxylic acids is 1. The zero-order valence-corrected chi connectivity index (χ0v) is 15.0. The normalized spacial score (nSPS) is 10.2. The Morgan fingerprint density at radius 1 is 1.08 bits per heavy atom. The average molecular weight is 366 g/mol. The molecule has 0 heterocycles. The van der Waals surface area contributed by atoms with Gasteiger partial charge in [0, 0.05) is 4.90 Å². The molecule has 0 aliphatic heterocycles. The van der Waals surface area contributed by atoms with Gasteiger partial charge in [0.2, 0.25) is 5.91 Å². The molecule has 2 rings (SSSR count). The van der Waals surface area contributed by atoms with Gasteiger partial charge in [0.1, 0.15) is 18.1 Å². The second kappa shape index (κ2) is 10.1. The molecule has 24 heavy (non-hydrogen) atoms. The lowest BCUT2D eigenvalue weighted by atomic mass is 10.3. The zero-order chi connectivity index (χ0) is 17.2. The molecule has 0 fully saturated rings. The number of amides is 1. The van der Waals surface area contributed by atoms with Gasteiger partial charge in [-0.25, -0.2) is 0 Å². The fourth-order valence-electron chi connectivity index (χ4n) is 1.91. The molecular weight excluding hydrogens is 346 g/mol. The van der Waals surface area contributed by atoms with Crippen molar-refractivity contribution in [3.63, 3.8) is 0 Å². The first kappa shape index (κ1) is 18.5. The minimum absolute atomic E-state index is 0.0461. The van der Waals surface area contributed by atoms with Crippen LogP contribution >= 0.6 is 23.4 Å². The van der Waals surface area contributed by atoms with Crippen molar-refractivity contribution in [1.29, 1.82) is 0 Å². The molecular formula is C18H20ClNO3S. The maximum absolute atomic E-state index is 11.8. The van der Waals surface area contributed by atoms with Crippen molar-refractivity contribution in [3.05, 3.63) is 53.6 Å². The summed E-state index contributed by atoms with van der Waals surface area (Å²) in [4.78, 5) is 12.7. The van der Waals surface area contributed by atoms with E-state index in [0.29, 0.717) is 30.5 Å². The molecule has 2 aromatic carbocycles. The average Bonchev–Trinajstić information content (AvgIpc) is 2.60. The number of ether oxygens (including phenoxy) is 2. The second-order valence-corrected chi connectivity index (χ2v) is 6.25. The van der Waals surface area contributed by atoms with Crippen LogP contribution in [0.1, 0.15) is 6.92 Å². The molecule has 1 amide bonds. The van der Waals surface area contributed by atoms with Crippen molar-refractivity contribution in [2.45, 2.75) is 11.8 Å². The van der Waals surface area contributed by atoms with E-state index < -0.39 is 0 Å². The Hall–Kier alpha value is -1.85. The number of halogens is 1. The lowest BCUT2D eigenvalue weighted by Crippen LogP contribution is -2.29. The Bertz CT molecular complexity index is 649. The minimum atomic E-state index is -0.0461. The quantitative estimate of drug-likeness (QED) is 0.538. The monoisotopic (exact) mass is 365 g/mol. The van der Waals surface area contributed by atoms with Gasteiger partial charge in [-0.05, 0) is 43.3 Å². The molecule has 0 bridgehead atoms. The number of carbonyl (C=O) groups is 1. The van der Waals surface area contributed by atoms with E-state index in [1.807, 2.05) is 55.5 Å². The van der Waals surface area contributed by atoms with Crippen LogP contribution in [0.5, 0.6) is 11.5 Å². The van der Waals surface area contributed by atoms with Crippen LogP contribution in [0.3, 0.4) is 0 Å². The second-order valence-electron chi connectivity index (χ2n) is 4.82. The maximum Gasteiger partial charge on any atom is 0.230 e. The van der Waals surface area contributed by atoms with Crippen LogP contribution in [0.4, 0.5) is 0 Å². The number of benzene rings is 2. The molecule has 2 aromatic rings. The predicted molar refractivity (Wildman–Crippen MR) is 98.3 cm³/mol. The Morgan fingerprint density at radius 2 is 1.75 bits per heavy atom. The van der Waals surface area contributed by atoms with Crippen molar-refractivity contribution in [3.8, 4) is 11.5 Å². The van der Waals surface area contributed by atoms with Gasteiger partial charge in [-0.15, -0.1) is 11.8 Å². The molecule has 6 heteroatoms. The van der Waals surface area contributed by atoms with Gasteiger partial charge in [0.15, 0.2) is 0 Å². The van der Waals surface area contributed by atoms with Crippen molar-refractivity contribution >= 4 is 29.3 Å². The van der Waals surface area contributed by atoms with E-state index in [2.05, 4.69) is 5.32 Å². The van der Waals surface area contributed by atoms with Crippen LogP contribution in [-0.4, -0.2) is 31.4 Å². The van der Waals surface area contributed by atoms with Crippen molar-refractivity contribution < 1.29 is 14.3 Å². The van der Waals surface area contributed by atoms with Gasteiger partial charge in [0.05, 0.1) is 23.9 Å². The van der Waals surface area contributed by atoms with Crippen LogP contribution in [-0.2, 0) is 4.79 Å². The Balaban J connectivity index is 1.63. The Labute approximate surface area is 151 Å². The van der Waals surface area contributed by atoms with Crippen LogP contribution in [0.25, 0.3) is 0 Å². The molecule has 0 saturated carbocycles. The van der Waals surface area contributed by atoms with E-state index >= 15 is 0 Å². The van der Waals surface area contributed by atoms with Crippen LogP contribution < -0.4 is 14.8 Å². The largest absolute Gasteiger partial charge is 0.494 e. The van der Waals surface area contributed by atoms with Crippen LogP contribution in [0.15, 0.2) is 53.4 Å². The summed E-state index contributed by atoms with van der Waals surface area (Å²) in [5, 5.41) is 3.48. The third-order valence-corrected chi connectivity index (χ3v) is 4.54. The fraction of sp³-hybridized carbons (Fsp3) is 0.278. The molecule has 0 aliphatic carbocycles. The summed E-state index contributed by atoms with van der Waals surface area (Å²) in [5.41, 5.74) is 0. The minimum Gasteiger partial charge on any atom is -0.494 e. The summed E-state index contributed by atoms with van der Waals surface area (Å²) in [7, 11) is 0. The number of hydrogen-bond donors (Lipinski definition) is 1. The highest BCUT2D eigenvalue weighted by Crippen LogP contribution is 2.26. The first-order valence-corrected chi connectivity index (χ1v) is 9.05. The van der Waals surface area contributed by atoms with Crippen molar-refractivity contribution in [1.82, 2.24) is 5.32 Å². The van der Waals surface area contributed by atoms with E-state index in [1.165, 1.54) is 11.8 Å². The highest BCUT2D eigenvalue weighted by Gasteiger charge is 2.05. The summed E-state index contributed by atoms with van der Waals surface area (Å²) in [5.74, 6) is 1.84. The smallest absolute Gasteiger partial charge is 0.230 e. The zero-order valence-electron chi connectivity index (χ0n) is 13.5. The predicted octanol–water partition coefficient (Wildman–Crippen LogP) is 4.03. The van der Waals surface area contributed by atoms with E-state index in [4.69, 9.17) is 21.1 Å². The lowest BCUT2D eigenvalue weighted by Gasteiger charge is -2.09. The van der Waals surface area contributed by atoms with Gasteiger partial charge in [-0.1, -0.05) is 23.7 Å².